The second kappa shape index (κ2) is 27.0. The maximum atomic E-state index is 7.23. The normalized spacial score (nSPS) is 11.4. The molecule has 0 saturated carbocycles. The van der Waals surface area contributed by atoms with Crippen molar-refractivity contribution < 1.29 is 28.0 Å². The van der Waals surface area contributed by atoms with Crippen LogP contribution in [0.2, 0.25) is 15.1 Å². The van der Waals surface area contributed by atoms with Gasteiger partial charge in [-0.3, -0.25) is 0 Å². The zero-order valence-electron chi connectivity index (χ0n) is 40.0. The average molecular weight is 929 g/mol. The fourth-order valence-electron chi connectivity index (χ4n) is 6.59. The Hall–Kier alpha value is -3.84. The van der Waals surface area contributed by atoms with Crippen molar-refractivity contribution in [3.63, 3.8) is 0 Å². The van der Waals surface area contributed by atoms with Crippen LogP contribution >= 0.6 is 8.60 Å². The first-order chi connectivity index (χ1) is 30.1. The van der Waals surface area contributed by atoms with Gasteiger partial charge in [0.05, 0.1) is 19.8 Å². The van der Waals surface area contributed by atoms with Crippen molar-refractivity contribution in [3.05, 3.63) is 179 Å². The molecule has 0 saturated heterocycles. The quantitative estimate of drug-likeness (QED) is 0.0837. The summed E-state index contributed by atoms with van der Waals surface area (Å²) in [6.45, 7) is 28.4. The molecule has 6 aromatic rings. The van der Waals surface area contributed by atoms with Crippen LogP contribution in [0, 0.1) is 20.8 Å². The third-order valence-electron chi connectivity index (χ3n) is 9.08. The van der Waals surface area contributed by atoms with Crippen molar-refractivity contribution in [1.82, 2.24) is 0 Å². The lowest BCUT2D eigenvalue weighted by Crippen LogP contribution is -2.12. The van der Waals surface area contributed by atoms with Gasteiger partial charge in [0, 0.05) is 0 Å². The van der Waals surface area contributed by atoms with Gasteiger partial charge in [0.15, 0.2) is 0 Å². The van der Waals surface area contributed by atoms with Crippen LogP contribution in [0.15, 0.2) is 146 Å². The standard InChI is InChI=1S/3C18H22OSi.H3O3P/c3*1-14-9-8-12-16(13-19-20-18(2,3)4)17(14)15-10-6-5-7-11-15;1-4(2)3/h3*5-12H,13H2,1-4H3;1-3H. The van der Waals surface area contributed by atoms with E-state index in [1.807, 2.05) is 0 Å². The van der Waals surface area contributed by atoms with Crippen molar-refractivity contribution in [2.24, 2.45) is 0 Å². The van der Waals surface area contributed by atoms with Crippen LogP contribution in [-0.2, 0) is 33.1 Å². The minimum atomic E-state index is -2.62. The molecular formula is C54H69O6PSi3. The fraction of sp³-hybridized carbons (Fsp3) is 0.333. The minimum Gasteiger partial charge on any atom is -0.413 e. The highest BCUT2D eigenvalue weighted by molar-refractivity contribution is 7.38. The number of hydrogen-bond donors (Lipinski definition) is 3. The molecule has 0 aromatic heterocycles. The summed E-state index contributed by atoms with van der Waals surface area (Å²) in [6, 6.07) is 51.0. The van der Waals surface area contributed by atoms with Gasteiger partial charge in [0.25, 0.3) is 0 Å². The van der Waals surface area contributed by atoms with E-state index in [1.165, 1.54) is 66.8 Å². The Kier molecular flexibility index (Phi) is 23.0. The van der Waals surface area contributed by atoms with E-state index in [4.69, 9.17) is 28.0 Å². The van der Waals surface area contributed by atoms with Gasteiger partial charge in [0.2, 0.25) is 29.3 Å². The maximum absolute atomic E-state index is 7.23. The molecule has 0 amide bonds. The first-order valence-corrected chi connectivity index (χ1v) is 25.5. The van der Waals surface area contributed by atoms with Gasteiger partial charge >= 0.3 is 8.60 Å². The van der Waals surface area contributed by atoms with E-state index in [9.17, 15) is 0 Å². The number of aryl methyl sites for hydroxylation is 3. The van der Waals surface area contributed by atoms with Gasteiger partial charge in [0.1, 0.15) is 0 Å². The lowest BCUT2D eigenvalue weighted by Gasteiger charge is -2.18. The Morgan fingerprint density at radius 1 is 0.359 bits per heavy atom. The van der Waals surface area contributed by atoms with Gasteiger partial charge in [-0.15, -0.1) is 0 Å². The molecular weight excluding hydrogens is 860 g/mol. The molecule has 0 aliphatic carbocycles. The molecule has 0 spiro atoms. The van der Waals surface area contributed by atoms with Crippen LogP contribution in [0.25, 0.3) is 33.4 Å². The van der Waals surface area contributed by atoms with Gasteiger partial charge in [-0.2, -0.15) is 0 Å². The summed E-state index contributed by atoms with van der Waals surface area (Å²) in [5.74, 6) is 0. The Bertz CT molecular complexity index is 1980. The molecule has 10 heteroatoms. The predicted molar refractivity (Wildman–Crippen MR) is 274 cm³/mol. The molecule has 0 fully saturated rings. The summed E-state index contributed by atoms with van der Waals surface area (Å²) in [7, 11) is -1.07. The zero-order valence-corrected chi connectivity index (χ0v) is 43.9. The van der Waals surface area contributed by atoms with Crippen LogP contribution in [0.1, 0.15) is 95.7 Å². The Morgan fingerprint density at radius 3 is 0.781 bits per heavy atom. The molecule has 64 heavy (non-hydrogen) atoms. The summed E-state index contributed by atoms with van der Waals surface area (Å²) in [6.07, 6.45) is 0. The largest absolute Gasteiger partial charge is 0.413 e. The number of hydrogen-bond acceptors (Lipinski definition) is 6. The van der Waals surface area contributed by atoms with Crippen LogP contribution in [0.5, 0.6) is 0 Å². The molecule has 338 valence electrons. The van der Waals surface area contributed by atoms with Gasteiger partial charge in [-0.05, 0) is 103 Å². The van der Waals surface area contributed by atoms with E-state index in [0.29, 0.717) is 49.1 Å². The van der Waals surface area contributed by atoms with E-state index >= 15 is 0 Å². The molecule has 6 nitrogen and oxygen atoms in total. The van der Waals surface area contributed by atoms with Crippen molar-refractivity contribution in [1.29, 1.82) is 0 Å². The van der Waals surface area contributed by atoms with Crippen LogP contribution in [-0.4, -0.2) is 44.0 Å². The first kappa shape index (κ1) is 54.5. The van der Waals surface area contributed by atoms with Crippen molar-refractivity contribution in [3.8, 4) is 33.4 Å². The molecule has 0 aliphatic rings. The lowest BCUT2D eigenvalue weighted by molar-refractivity contribution is 0.310. The van der Waals surface area contributed by atoms with Gasteiger partial charge in [-0.25, -0.2) is 0 Å². The zero-order chi connectivity index (χ0) is 47.3. The monoisotopic (exact) mass is 928 g/mol. The molecule has 3 N–H and O–H groups in total. The highest BCUT2D eigenvalue weighted by atomic mass is 31.2. The molecule has 0 unspecified atom stereocenters. The SMILES string of the molecule is Cc1cccc(CO[Si]C(C)(C)C)c1-c1ccccc1.Cc1cccc(CO[Si]C(C)(C)C)c1-c1ccccc1.Cc1cccc(CO[Si]C(C)(C)C)c1-c1ccccc1.OP(O)O. The third-order valence-corrected chi connectivity index (χ3v) is 11.8. The van der Waals surface area contributed by atoms with Gasteiger partial charge < -0.3 is 28.0 Å². The summed E-state index contributed by atoms with van der Waals surface area (Å²) >= 11 is 0. The molecule has 6 rings (SSSR count). The molecule has 6 aromatic carbocycles. The van der Waals surface area contributed by atoms with Crippen LogP contribution in [0.4, 0.5) is 0 Å². The summed E-state index contributed by atoms with van der Waals surface area (Å²) in [5, 5.41) is 0.699. The van der Waals surface area contributed by atoms with E-state index in [-0.39, 0.29) is 15.1 Å². The van der Waals surface area contributed by atoms with E-state index in [0.717, 1.165) is 0 Å². The second-order valence-corrected chi connectivity index (χ2v) is 25.1. The molecule has 0 heterocycles. The third kappa shape index (κ3) is 21.0. The van der Waals surface area contributed by atoms with E-state index < -0.39 is 8.60 Å². The maximum Gasteiger partial charge on any atom is 0.324 e. The first-order valence-electron chi connectivity index (χ1n) is 21.6. The number of rotatable bonds is 12. The van der Waals surface area contributed by atoms with Crippen molar-refractivity contribution >= 4 is 37.9 Å². The molecule has 0 atom stereocenters. The summed E-state index contributed by atoms with van der Waals surface area (Å²) < 4.78 is 17.8. The van der Waals surface area contributed by atoms with Crippen LogP contribution in [0.3, 0.4) is 0 Å². The Labute approximate surface area is 394 Å². The van der Waals surface area contributed by atoms with Crippen molar-refractivity contribution in [2.75, 3.05) is 0 Å². The minimum absolute atomic E-state index is 0.233. The smallest absolute Gasteiger partial charge is 0.324 e. The average Bonchev–Trinajstić information content (AvgIpc) is 3.21. The summed E-state index contributed by atoms with van der Waals surface area (Å²) in [5.41, 5.74) is 15.5. The van der Waals surface area contributed by atoms with Gasteiger partial charge in [-0.1, -0.05) is 208 Å². The molecule has 6 radical (unpaired) electrons. The fourth-order valence-corrected chi connectivity index (χ4v) is 8.57. The second-order valence-electron chi connectivity index (χ2n) is 18.6. The lowest BCUT2D eigenvalue weighted by atomic mass is 9.95. The highest BCUT2D eigenvalue weighted by Gasteiger charge is 2.17. The predicted octanol–water partition coefficient (Wildman–Crippen LogP) is 14.2. The van der Waals surface area contributed by atoms with Crippen molar-refractivity contribution in [2.45, 2.75) is 118 Å². The van der Waals surface area contributed by atoms with Crippen LogP contribution < -0.4 is 0 Å². The summed E-state index contributed by atoms with van der Waals surface area (Å²) in [4.78, 5) is 21.7. The Balaban J connectivity index is 0.000000244. The van der Waals surface area contributed by atoms with E-state index in [2.05, 4.69) is 229 Å². The number of benzene rings is 6. The highest BCUT2D eigenvalue weighted by Crippen LogP contribution is 2.32. The topological polar surface area (TPSA) is 88.4 Å². The Morgan fingerprint density at radius 2 is 0.578 bits per heavy atom. The van der Waals surface area contributed by atoms with E-state index in [1.54, 1.807) is 0 Å². The molecule has 0 aliphatic heterocycles. The molecule has 0 bridgehead atoms.